The summed E-state index contributed by atoms with van der Waals surface area (Å²) in [6.45, 7) is 7.87. The number of carboxylic acid groups (broad SMARTS) is 1. The summed E-state index contributed by atoms with van der Waals surface area (Å²) < 4.78 is 17.6. The van der Waals surface area contributed by atoms with Crippen molar-refractivity contribution in [3.05, 3.63) is 23.8 Å². The maximum atomic E-state index is 11.5. The van der Waals surface area contributed by atoms with Gasteiger partial charge in [0.15, 0.2) is 0 Å². The molecule has 5 nitrogen and oxygen atoms in total. The van der Waals surface area contributed by atoms with Crippen molar-refractivity contribution in [2.45, 2.75) is 57.8 Å². The summed E-state index contributed by atoms with van der Waals surface area (Å²) in [5.41, 5.74) is -0.0626. The van der Waals surface area contributed by atoms with Crippen LogP contribution in [-0.4, -0.2) is 35.5 Å². The molecule has 0 radical (unpaired) electrons. The molecule has 1 saturated carbocycles. The van der Waals surface area contributed by atoms with Gasteiger partial charge in [-0.1, -0.05) is 6.07 Å². The van der Waals surface area contributed by atoms with Crippen LogP contribution in [0.1, 0.15) is 50.9 Å². The molecule has 22 heavy (non-hydrogen) atoms. The van der Waals surface area contributed by atoms with Crippen LogP contribution in [0.5, 0.6) is 5.75 Å². The molecule has 0 atom stereocenters. The van der Waals surface area contributed by atoms with E-state index in [0.717, 1.165) is 12.8 Å². The minimum absolute atomic E-state index is 0.152. The van der Waals surface area contributed by atoms with Gasteiger partial charge in [-0.2, -0.15) is 0 Å². The maximum Gasteiger partial charge on any atom is 0.494 e. The molecule has 1 heterocycles. The second-order valence-electron chi connectivity index (χ2n) is 6.97. The quantitative estimate of drug-likeness (QED) is 0.864. The molecule has 1 N–H and O–H groups in total. The Morgan fingerprint density at radius 1 is 1.23 bits per heavy atom. The van der Waals surface area contributed by atoms with Crippen LogP contribution < -0.4 is 10.2 Å². The predicted molar refractivity (Wildman–Crippen MR) is 82.8 cm³/mol. The fourth-order valence-corrected chi connectivity index (χ4v) is 2.31. The van der Waals surface area contributed by atoms with Gasteiger partial charge in [-0.25, -0.2) is 4.79 Å². The number of rotatable bonds is 4. The number of hydrogen-bond donors (Lipinski definition) is 1. The van der Waals surface area contributed by atoms with Gasteiger partial charge in [0.05, 0.1) is 17.3 Å². The van der Waals surface area contributed by atoms with Crippen molar-refractivity contribution in [1.29, 1.82) is 0 Å². The third kappa shape index (κ3) is 2.73. The summed E-state index contributed by atoms with van der Waals surface area (Å²) in [6.07, 6.45) is 2.12. The fraction of sp³-hybridized carbons (Fsp3) is 0.562. The minimum atomic E-state index is -1.01. The zero-order chi connectivity index (χ0) is 16.1. The van der Waals surface area contributed by atoms with Gasteiger partial charge in [-0.3, -0.25) is 0 Å². The smallest absolute Gasteiger partial charge is 0.490 e. The largest absolute Gasteiger partial charge is 0.494 e. The van der Waals surface area contributed by atoms with Crippen LogP contribution in [0.25, 0.3) is 0 Å². The molecule has 1 aromatic rings. The Morgan fingerprint density at radius 3 is 2.32 bits per heavy atom. The molecule has 0 amide bonds. The first-order chi connectivity index (χ1) is 10.2. The van der Waals surface area contributed by atoms with Crippen LogP contribution in [0.3, 0.4) is 0 Å². The van der Waals surface area contributed by atoms with Gasteiger partial charge in [0, 0.05) is 0 Å². The standard InChI is InChI=1S/C16H21BO5/c1-15(2)16(3,4)22-17(21-15)10-5-8-13(20-11-6-7-11)12(9-10)14(18)19/h5,8-9,11H,6-7H2,1-4H3,(H,18,19). The molecule has 0 aromatic heterocycles. The summed E-state index contributed by atoms with van der Waals surface area (Å²) in [6, 6.07) is 5.09. The summed E-state index contributed by atoms with van der Waals surface area (Å²) >= 11 is 0. The number of carbonyl (C=O) groups is 1. The fourth-order valence-electron chi connectivity index (χ4n) is 2.31. The van der Waals surface area contributed by atoms with Gasteiger partial charge >= 0.3 is 13.1 Å². The molecule has 3 rings (SSSR count). The van der Waals surface area contributed by atoms with E-state index in [4.69, 9.17) is 14.0 Å². The SMILES string of the molecule is CC1(C)OB(c2ccc(OC3CC3)c(C(=O)O)c2)OC1(C)C. The number of aromatic carboxylic acids is 1. The Morgan fingerprint density at radius 2 is 1.82 bits per heavy atom. The Labute approximate surface area is 130 Å². The summed E-state index contributed by atoms with van der Waals surface area (Å²) in [7, 11) is -0.571. The lowest BCUT2D eigenvalue weighted by Gasteiger charge is -2.32. The van der Waals surface area contributed by atoms with Crippen molar-refractivity contribution in [3.8, 4) is 5.75 Å². The van der Waals surface area contributed by atoms with Crippen molar-refractivity contribution < 1.29 is 23.9 Å². The zero-order valence-corrected chi connectivity index (χ0v) is 13.4. The molecule has 1 aliphatic carbocycles. The van der Waals surface area contributed by atoms with Crippen molar-refractivity contribution in [1.82, 2.24) is 0 Å². The van der Waals surface area contributed by atoms with E-state index in [2.05, 4.69) is 0 Å². The molecule has 0 bridgehead atoms. The van der Waals surface area contributed by atoms with Crippen LogP contribution in [0.4, 0.5) is 0 Å². The molecule has 2 fully saturated rings. The Bertz CT molecular complexity index is 591. The highest BCUT2D eigenvalue weighted by atomic mass is 16.7. The molecular formula is C16H21BO5. The van der Waals surface area contributed by atoms with E-state index in [1.54, 1.807) is 12.1 Å². The average Bonchev–Trinajstić information content (AvgIpc) is 3.17. The van der Waals surface area contributed by atoms with Crippen LogP contribution >= 0.6 is 0 Å². The van der Waals surface area contributed by atoms with E-state index in [-0.39, 0.29) is 11.7 Å². The lowest BCUT2D eigenvalue weighted by Crippen LogP contribution is -2.41. The lowest BCUT2D eigenvalue weighted by atomic mass is 9.78. The molecule has 0 spiro atoms. The van der Waals surface area contributed by atoms with E-state index >= 15 is 0 Å². The normalized spacial score (nSPS) is 22.6. The monoisotopic (exact) mass is 304 g/mol. The van der Waals surface area contributed by atoms with Crippen LogP contribution in [0.2, 0.25) is 0 Å². The first kappa shape index (κ1) is 15.4. The topological polar surface area (TPSA) is 65.0 Å². The van der Waals surface area contributed by atoms with E-state index in [9.17, 15) is 9.90 Å². The van der Waals surface area contributed by atoms with Crippen molar-refractivity contribution >= 4 is 18.6 Å². The second-order valence-corrected chi connectivity index (χ2v) is 6.97. The summed E-state index contributed by atoms with van der Waals surface area (Å²) in [5, 5.41) is 9.41. The number of hydrogen-bond acceptors (Lipinski definition) is 4. The average molecular weight is 304 g/mol. The third-order valence-corrected chi connectivity index (χ3v) is 4.58. The van der Waals surface area contributed by atoms with Gasteiger partial charge in [-0.15, -0.1) is 0 Å². The Balaban J connectivity index is 1.89. The molecule has 1 aliphatic heterocycles. The van der Waals surface area contributed by atoms with Crippen molar-refractivity contribution in [2.24, 2.45) is 0 Å². The van der Waals surface area contributed by atoms with Gasteiger partial charge in [0.1, 0.15) is 11.3 Å². The zero-order valence-electron chi connectivity index (χ0n) is 13.4. The van der Waals surface area contributed by atoms with Crippen molar-refractivity contribution in [3.63, 3.8) is 0 Å². The minimum Gasteiger partial charge on any atom is -0.490 e. The lowest BCUT2D eigenvalue weighted by molar-refractivity contribution is 0.00578. The van der Waals surface area contributed by atoms with Crippen LogP contribution in [-0.2, 0) is 9.31 Å². The summed E-state index contributed by atoms with van der Waals surface area (Å²) in [4.78, 5) is 11.5. The van der Waals surface area contributed by atoms with Gasteiger partial charge in [0.2, 0.25) is 0 Å². The number of benzene rings is 1. The highest BCUT2D eigenvalue weighted by Crippen LogP contribution is 2.37. The number of ether oxygens (including phenoxy) is 1. The first-order valence-corrected chi connectivity index (χ1v) is 7.59. The Hall–Kier alpha value is -1.53. The van der Waals surface area contributed by atoms with Crippen molar-refractivity contribution in [2.75, 3.05) is 0 Å². The first-order valence-electron chi connectivity index (χ1n) is 7.59. The highest BCUT2D eigenvalue weighted by molar-refractivity contribution is 6.62. The molecule has 2 aliphatic rings. The summed E-state index contributed by atoms with van der Waals surface area (Å²) in [5.74, 6) is -0.593. The molecular weight excluding hydrogens is 283 g/mol. The Kier molecular flexibility index (Phi) is 3.49. The molecule has 1 aromatic carbocycles. The van der Waals surface area contributed by atoms with E-state index in [0.29, 0.717) is 11.2 Å². The van der Waals surface area contributed by atoms with Gasteiger partial charge in [0.25, 0.3) is 0 Å². The molecule has 1 saturated heterocycles. The molecule has 6 heteroatoms. The van der Waals surface area contributed by atoms with E-state index in [1.807, 2.05) is 33.8 Å². The third-order valence-electron chi connectivity index (χ3n) is 4.58. The second kappa shape index (κ2) is 5.00. The van der Waals surface area contributed by atoms with Crippen LogP contribution in [0.15, 0.2) is 18.2 Å². The van der Waals surface area contributed by atoms with Crippen LogP contribution in [0, 0.1) is 0 Å². The number of carboxylic acids is 1. The highest BCUT2D eigenvalue weighted by Gasteiger charge is 2.51. The molecule has 118 valence electrons. The van der Waals surface area contributed by atoms with E-state index < -0.39 is 24.3 Å². The van der Waals surface area contributed by atoms with Gasteiger partial charge < -0.3 is 19.2 Å². The predicted octanol–water partition coefficient (Wildman–Crippen LogP) is 2.23. The maximum absolute atomic E-state index is 11.5. The molecule has 0 unspecified atom stereocenters. The van der Waals surface area contributed by atoms with Gasteiger partial charge in [-0.05, 0) is 58.1 Å². The van der Waals surface area contributed by atoms with E-state index in [1.165, 1.54) is 0 Å².